The third kappa shape index (κ3) is 1.63. The van der Waals surface area contributed by atoms with Crippen molar-refractivity contribution in [1.29, 1.82) is 0 Å². The maximum Gasteiger partial charge on any atom is 0.0371 e. The zero-order valence-corrected chi connectivity index (χ0v) is 9.33. The van der Waals surface area contributed by atoms with Crippen LogP contribution in [0, 0.1) is 6.92 Å². The highest BCUT2D eigenvalue weighted by Crippen LogP contribution is 2.29. The van der Waals surface area contributed by atoms with Crippen LogP contribution in [0.5, 0.6) is 0 Å². The Hall–Kier alpha value is -0.980. The molecule has 1 fully saturated rings. The van der Waals surface area contributed by atoms with Gasteiger partial charge in [-0.3, -0.25) is 0 Å². The minimum Gasteiger partial charge on any atom is -0.366 e. The number of nitrogens with zero attached hydrogens (tertiary/aromatic N) is 1. The molecule has 0 amide bonds. The Morgan fingerprint density at radius 3 is 2.00 bits per heavy atom. The van der Waals surface area contributed by atoms with Crippen LogP contribution in [0.2, 0.25) is 0 Å². The van der Waals surface area contributed by atoms with E-state index in [1.807, 2.05) is 0 Å². The molecular formula is C13H19N. The first-order valence-corrected chi connectivity index (χ1v) is 5.53. The SMILES string of the molecule is Cc1ccc(N2[C@H](C)CC[C@@H]2C)cc1. The molecule has 2 rings (SSSR count). The molecule has 0 aliphatic carbocycles. The zero-order valence-electron chi connectivity index (χ0n) is 9.33. The minimum atomic E-state index is 0.702. The molecule has 1 aliphatic heterocycles. The molecule has 14 heavy (non-hydrogen) atoms. The third-order valence-corrected chi connectivity index (χ3v) is 3.28. The van der Waals surface area contributed by atoms with Crippen molar-refractivity contribution in [2.45, 2.75) is 45.7 Å². The molecule has 2 atom stereocenters. The Morgan fingerprint density at radius 1 is 1.00 bits per heavy atom. The summed E-state index contributed by atoms with van der Waals surface area (Å²) >= 11 is 0. The fourth-order valence-electron chi connectivity index (χ4n) is 2.42. The molecule has 0 N–H and O–H groups in total. The van der Waals surface area contributed by atoms with E-state index in [-0.39, 0.29) is 0 Å². The molecule has 1 aromatic carbocycles. The predicted molar refractivity (Wildman–Crippen MR) is 61.8 cm³/mol. The van der Waals surface area contributed by atoms with E-state index in [0.29, 0.717) is 12.1 Å². The Balaban J connectivity index is 2.25. The summed E-state index contributed by atoms with van der Waals surface area (Å²) in [6.45, 7) is 6.79. The summed E-state index contributed by atoms with van der Waals surface area (Å²) in [5, 5.41) is 0. The molecule has 0 spiro atoms. The molecule has 0 bridgehead atoms. The fraction of sp³-hybridized carbons (Fsp3) is 0.538. The first-order valence-electron chi connectivity index (χ1n) is 5.53. The lowest BCUT2D eigenvalue weighted by Gasteiger charge is -2.28. The first-order chi connectivity index (χ1) is 6.68. The molecule has 1 aromatic rings. The van der Waals surface area contributed by atoms with Crippen molar-refractivity contribution in [3.8, 4) is 0 Å². The normalized spacial score (nSPS) is 26.9. The van der Waals surface area contributed by atoms with Gasteiger partial charge in [-0.1, -0.05) is 17.7 Å². The van der Waals surface area contributed by atoms with E-state index < -0.39 is 0 Å². The van der Waals surface area contributed by atoms with E-state index in [1.165, 1.54) is 24.1 Å². The molecule has 76 valence electrons. The molecule has 0 unspecified atom stereocenters. The van der Waals surface area contributed by atoms with Crippen molar-refractivity contribution in [2.75, 3.05) is 4.90 Å². The van der Waals surface area contributed by atoms with Crippen molar-refractivity contribution in [3.63, 3.8) is 0 Å². The Labute approximate surface area is 86.7 Å². The van der Waals surface area contributed by atoms with Crippen LogP contribution in [0.15, 0.2) is 24.3 Å². The summed E-state index contributed by atoms with van der Waals surface area (Å²) in [5.41, 5.74) is 2.72. The smallest absolute Gasteiger partial charge is 0.0371 e. The largest absolute Gasteiger partial charge is 0.366 e. The highest BCUT2D eigenvalue weighted by Gasteiger charge is 2.26. The van der Waals surface area contributed by atoms with Gasteiger partial charge in [0.2, 0.25) is 0 Å². The molecule has 1 saturated heterocycles. The number of benzene rings is 1. The number of hydrogen-bond acceptors (Lipinski definition) is 1. The van der Waals surface area contributed by atoms with Crippen molar-refractivity contribution in [2.24, 2.45) is 0 Å². The highest BCUT2D eigenvalue weighted by molar-refractivity contribution is 5.50. The third-order valence-electron chi connectivity index (χ3n) is 3.28. The maximum atomic E-state index is 2.54. The molecular weight excluding hydrogens is 170 g/mol. The van der Waals surface area contributed by atoms with Crippen molar-refractivity contribution < 1.29 is 0 Å². The van der Waals surface area contributed by atoms with Crippen molar-refractivity contribution in [3.05, 3.63) is 29.8 Å². The topological polar surface area (TPSA) is 3.24 Å². The number of aryl methyl sites for hydroxylation is 1. The molecule has 1 heterocycles. The van der Waals surface area contributed by atoms with Gasteiger partial charge in [0.15, 0.2) is 0 Å². The Morgan fingerprint density at radius 2 is 1.50 bits per heavy atom. The van der Waals surface area contributed by atoms with E-state index in [1.54, 1.807) is 0 Å². The summed E-state index contributed by atoms with van der Waals surface area (Å²) in [6, 6.07) is 10.3. The van der Waals surface area contributed by atoms with E-state index in [9.17, 15) is 0 Å². The summed E-state index contributed by atoms with van der Waals surface area (Å²) in [7, 11) is 0. The summed E-state index contributed by atoms with van der Waals surface area (Å²) < 4.78 is 0. The average molecular weight is 189 g/mol. The van der Waals surface area contributed by atoms with Gasteiger partial charge in [0.05, 0.1) is 0 Å². The maximum absolute atomic E-state index is 2.54. The minimum absolute atomic E-state index is 0.702. The van der Waals surface area contributed by atoms with Crippen LogP contribution in [0.4, 0.5) is 5.69 Å². The summed E-state index contributed by atoms with van der Waals surface area (Å²) in [5.74, 6) is 0. The second-order valence-corrected chi connectivity index (χ2v) is 4.52. The van der Waals surface area contributed by atoms with Gasteiger partial charge in [0, 0.05) is 17.8 Å². The lowest BCUT2D eigenvalue weighted by atomic mass is 10.2. The van der Waals surface area contributed by atoms with Gasteiger partial charge in [0.25, 0.3) is 0 Å². The first kappa shape index (κ1) is 9.57. The molecule has 0 saturated carbocycles. The second-order valence-electron chi connectivity index (χ2n) is 4.52. The average Bonchev–Trinajstić information content (AvgIpc) is 2.49. The Bertz CT molecular complexity index is 292. The van der Waals surface area contributed by atoms with Crippen LogP contribution in [0.3, 0.4) is 0 Å². The van der Waals surface area contributed by atoms with Crippen molar-refractivity contribution in [1.82, 2.24) is 0 Å². The van der Waals surface area contributed by atoms with E-state index in [0.717, 1.165) is 0 Å². The predicted octanol–water partition coefficient (Wildman–Crippen LogP) is 3.37. The summed E-state index contributed by atoms with van der Waals surface area (Å²) in [6.07, 6.45) is 2.66. The quantitative estimate of drug-likeness (QED) is 0.654. The number of anilines is 1. The fourth-order valence-corrected chi connectivity index (χ4v) is 2.42. The number of rotatable bonds is 1. The molecule has 1 aliphatic rings. The van der Waals surface area contributed by atoms with Crippen LogP contribution in [0.25, 0.3) is 0 Å². The van der Waals surface area contributed by atoms with E-state index in [4.69, 9.17) is 0 Å². The van der Waals surface area contributed by atoms with Gasteiger partial charge in [-0.2, -0.15) is 0 Å². The van der Waals surface area contributed by atoms with Crippen molar-refractivity contribution >= 4 is 5.69 Å². The van der Waals surface area contributed by atoms with Gasteiger partial charge >= 0.3 is 0 Å². The van der Waals surface area contributed by atoms with Gasteiger partial charge in [0.1, 0.15) is 0 Å². The lowest BCUT2D eigenvalue weighted by Crippen LogP contribution is -2.32. The molecule has 1 nitrogen and oxygen atoms in total. The van der Waals surface area contributed by atoms with E-state index in [2.05, 4.69) is 49.9 Å². The highest BCUT2D eigenvalue weighted by atomic mass is 15.2. The monoisotopic (exact) mass is 189 g/mol. The van der Waals surface area contributed by atoms with Crippen LogP contribution >= 0.6 is 0 Å². The molecule has 1 heteroatoms. The lowest BCUT2D eigenvalue weighted by molar-refractivity contribution is 0.694. The van der Waals surface area contributed by atoms with Crippen LogP contribution in [-0.4, -0.2) is 12.1 Å². The van der Waals surface area contributed by atoms with Gasteiger partial charge < -0.3 is 4.90 Å². The van der Waals surface area contributed by atoms with E-state index >= 15 is 0 Å². The van der Waals surface area contributed by atoms with Crippen LogP contribution in [0.1, 0.15) is 32.3 Å². The zero-order chi connectivity index (χ0) is 10.1. The second kappa shape index (κ2) is 3.64. The van der Waals surface area contributed by atoms with Crippen LogP contribution < -0.4 is 4.90 Å². The van der Waals surface area contributed by atoms with Gasteiger partial charge in [-0.15, -0.1) is 0 Å². The van der Waals surface area contributed by atoms with Gasteiger partial charge in [-0.05, 0) is 45.7 Å². The Kier molecular flexibility index (Phi) is 2.49. The number of hydrogen-bond donors (Lipinski definition) is 0. The standard InChI is InChI=1S/C13H19N/c1-10-4-8-13(9-5-10)14-11(2)6-7-12(14)3/h4-5,8-9,11-12H,6-7H2,1-3H3/t11-,12+. The van der Waals surface area contributed by atoms with Crippen LogP contribution in [-0.2, 0) is 0 Å². The molecule has 0 radical (unpaired) electrons. The van der Waals surface area contributed by atoms with Gasteiger partial charge in [-0.25, -0.2) is 0 Å². The summed E-state index contributed by atoms with van der Waals surface area (Å²) in [4.78, 5) is 2.54. The molecule has 0 aromatic heterocycles.